The van der Waals surface area contributed by atoms with Gasteiger partial charge < -0.3 is 5.32 Å². The quantitative estimate of drug-likeness (QED) is 0.936. The summed E-state index contributed by atoms with van der Waals surface area (Å²) < 4.78 is 23.6. The number of benzene rings is 2. The van der Waals surface area contributed by atoms with E-state index in [2.05, 4.69) is 24.4 Å². The molecule has 1 unspecified atom stereocenters. The molecule has 0 aliphatic carbocycles. The molecule has 0 saturated carbocycles. The van der Waals surface area contributed by atoms with Gasteiger partial charge in [-0.25, -0.2) is 8.42 Å². The molecule has 1 N–H and O–H groups in total. The van der Waals surface area contributed by atoms with Crippen LogP contribution < -0.4 is 5.32 Å². The number of hydrogen-bond donors (Lipinski definition) is 1. The standard InChI is InChI=1S/C16H19NO2S/c1-12-8-4-5-9-14(12)13(2)17-15-10-6-7-11-16(15)20(3,18)19/h4-11,13,17H,1-3H3. The van der Waals surface area contributed by atoms with Crippen LogP contribution in [0.3, 0.4) is 0 Å². The predicted octanol–water partition coefficient (Wildman–Crippen LogP) is 3.57. The van der Waals surface area contributed by atoms with Gasteiger partial charge in [-0.15, -0.1) is 0 Å². The molecule has 2 aromatic carbocycles. The Bertz CT molecular complexity index is 708. The van der Waals surface area contributed by atoms with Crippen LogP contribution in [0.15, 0.2) is 53.4 Å². The summed E-state index contributed by atoms with van der Waals surface area (Å²) in [6.45, 7) is 4.08. The van der Waals surface area contributed by atoms with Crippen LogP contribution in [0, 0.1) is 6.92 Å². The van der Waals surface area contributed by atoms with Crippen LogP contribution in [0.5, 0.6) is 0 Å². The maximum atomic E-state index is 11.8. The van der Waals surface area contributed by atoms with Gasteiger partial charge in [-0.1, -0.05) is 36.4 Å². The van der Waals surface area contributed by atoms with Gasteiger partial charge in [0.25, 0.3) is 0 Å². The van der Waals surface area contributed by atoms with Crippen LogP contribution >= 0.6 is 0 Å². The summed E-state index contributed by atoms with van der Waals surface area (Å²) in [4.78, 5) is 0.334. The Kier molecular flexibility index (Phi) is 4.14. The molecule has 2 aromatic rings. The molecule has 0 aliphatic rings. The minimum atomic E-state index is -3.23. The molecule has 0 spiro atoms. The molecule has 106 valence electrons. The van der Waals surface area contributed by atoms with Crippen molar-refractivity contribution in [3.63, 3.8) is 0 Å². The Labute approximate surface area is 120 Å². The molecule has 4 heteroatoms. The van der Waals surface area contributed by atoms with E-state index in [0.29, 0.717) is 10.6 Å². The van der Waals surface area contributed by atoms with Crippen molar-refractivity contribution in [1.82, 2.24) is 0 Å². The van der Waals surface area contributed by atoms with E-state index in [0.717, 1.165) is 5.56 Å². The van der Waals surface area contributed by atoms with Crippen molar-refractivity contribution in [3.8, 4) is 0 Å². The average molecular weight is 289 g/mol. The smallest absolute Gasteiger partial charge is 0.177 e. The van der Waals surface area contributed by atoms with Gasteiger partial charge in [0.05, 0.1) is 10.6 Å². The van der Waals surface area contributed by atoms with Crippen LogP contribution in [0.2, 0.25) is 0 Å². The molecule has 0 bridgehead atoms. The highest BCUT2D eigenvalue weighted by atomic mass is 32.2. The first-order chi connectivity index (χ1) is 9.39. The fourth-order valence-corrected chi connectivity index (χ4v) is 3.15. The van der Waals surface area contributed by atoms with Crippen LogP contribution in [0.4, 0.5) is 5.69 Å². The van der Waals surface area contributed by atoms with Crippen LogP contribution in [-0.4, -0.2) is 14.7 Å². The maximum Gasteiger partial charge on any atom is 0.177 e. The predicted molar refractivity (Wildman–Crippen MR) is 82.8 cm³/mol. The second-order valence-corrected chi connectivity index (χ2v) is 6.98. The number of hydrogen-bond acceptors (Lipinski definition) is 3. The van der Waals surface area contributed by atoms with Crippen molar-refractivity contribution in [2.24, 2.45) is 0 Å². The van der Waals surface area contributed by atoms with Crippen molar-refractivity contribution in [2.45, 2.75) is 24.8 Å². The molecular formula is C16H19NO2S. The fraction of sp³-hybridized carbons (Fsp3) is 0.250. The maximum absolute atomic E-state index is 11.8. The van der Waals surface area contributed by atoms with E-state index < -0.39 is 9.84 Å². The van der Waals surface area contributed by atoms with Gasteiger partial charge >= 0.3 is 0 Å². The second-order valence-electron chi connectivity index (χ2n) is 4.99. The van der Waals surface area contributed by atoms with E-state index in [4.69, 9.17) is 0 Å². The molecule has 2 rings (SSSR count). The first kappa shape index (κ1) is 14.6. The third-order valence-corrected chi connectivity index (χ3v) is 4.47. The molecule has 0 aromatic heterocycles. The van der Waals surface area contributed by atoms with Crippen molar-refractivity contribution in [2.75, 3.05) is 11.6 Å². The van der Waals surface area contributed by atoms with E-state index in [9.17, 15) is 8.42 Å². The van der Waals surface area contributed by atoms with Gasteiger partial charge in [0.2, 0.25) is 0 Å². The van der Waals surface area contributed by atoms with Crippen LogP contribution in [0.25, 0.3) is 0 Å². The third-order valence-electron chi connectivity index (χ3n) is 3.31. The largest absolute Gasteiger partial charge is 0.377 e. The Morgan fingerprint density at radius 2 is 1.60 bits per heavy atom. The number of nitrogens with one attached hydrogen (secondary N) is 1. The van der Waals surface area contributed by atoms with Crippen molar-refractivity contribution >= 4 is 15.5 Å². The summed E-state index contributed by atoms with van der Waals surface area (Å²) in [7, 11) is -3.23. The number of anilines is 1. The topological polar surface area (TPSA) is 46.2 Å². The van der Waals surface area contributed by atoms with E-state index in [1.54, 1.807) is 18.2 Å². The zero-order chi connectivity index (χ0) is 14.8. The number of sulfone groups is 1. The van der Waals surface area contributed by atoms with E-state index >= 15 is 0 Å². The summed E-state index contributed by atoms with van der Waals surface area (Å²) in [5.41, 5.74) is 2.99. The third kappa shape index (κ3) is 3.20. The van der Waals surface area contributed by atoms with Crippen LogP contribution in [-0.2, 0) is 9.84 Å². The van der Waals surface area contributed by atoms with E-state index in [-0.39, 0.29) is 6.04 Å². The SMILES string of the molecule is Cc1ccccc1C(C)Nc1ccccc1S(C)(=O)=O. The minimum Gasteiger partial charge on any atom is -0.377 e. The lowest BCUT2D eigenvalue weighted by atomic mass is 10.0. The Balaban J connectivity index is 2.34. The fourth-order valence-electron chi connectivity index (χ4n) is 2.29. The normalized spacial score (nSPS) is 12.9. The number of para-hydroxylation sites is 1. The highest BCUT2D eigenvalue weighted by Gasteiger charge is 2.15. The van der Waals surface area contributed by atoms with E-state index in [1.807, 2.05) is 25.1 Å². The Hall–Kier alpha value is -1.81. The van der Waals surface area contributed by atoms with Gasteiger partial charge in [0, 0.05) is 12.3 Å². The van der Waals surface area contributed by atoms with Gasteiger partial charge in [-0.2, -0.15) is 0 Å². The highest BCUT2D eigenvalue weighted by Crippen LogP contribution is 2.26. The van der Waals surface area contributed by atoms with Crippen molar-refractivity contribution in [1.29, 1.82) is 0 Å². The highest BCUT2D eigenvalue weighted by molar-refractivity contribution is 7.90. The molecule has 0 saturated heterocycles. The zero-order valence-corrected chi connectivity index (χ0v) is 12.7. The van der Waals surface area contributed by atoms with Crippen molar-refractivity contribution < 1.29 is 8.42 Å². The first-order valence-electron chi connectivity index (χ1n) is 6.51. The van der Waals surface area contributed by atoms with Gasteiger partial charge in [-0.05, 0) is 37.1 Å². The second kappa shape index (κ2) is 5.67. The molecule has 1 atom stereocenters. The van der Waals surface area contributed by atoms with Crippen molar-refractivity contribution in [3.05, 3.63) is 59.7 Å². The van der Waals surface area contributed by atoms with Crippen LogP contribution in [0.1, 0.15) is 24.1 Å². The molecule has 0 fully saturated rings. The molecule has 20 heavy (non-hydrogen) atoms. The molecule has 0 heterocycles. The monoisotopic (exact) mass is 289 g/mol. The first-order valence-corrected chi connectivity index (χ1v) is 8.40. The lowest BCUT2D eigenvalue weighted by Crippen LogP contribution is -2.11. The molecular weight excluding hydrogens is 270 g/mol. The summed E-state index contributed by atoms with van der Waals surface area (Å²) >= 11 is 0. The number of rotatable bonds is 4. The Morgan fingerprint density at radius 3 is 2.25 bits per heavy atom. The lowest BCUT2D eigenvalue weighted by molar-refractivity contribution is 0.602. The van der Waals surface area contributed by atoms with Gasteiger partial charge in [0.1, 0.15) is 0 Å². The Morgan fingerprint density at radius 1 is 1.00 bits per heavy atom. The summed E-state index contributed by atoms with van der Waals surface area (Å²) in [6.07, 6.45) is 1.23. The van der Waals surface area contributed by atoms with Gasteiger partial charge in [0.15, 0.2) is 9.84 Å². The summed E-state index contributed by atoms with van der Waals surface area (Å²) in [6, 6.07) is 15.1. The minimum absolute atomic E-state index is 0.0408. The molecule has 0 aliphatic heterocycles. The molecule has 0 amide bonds. The lowest BCUT2D eigenvalue weighted by Gasteiger charge is -2.19. The summed E-state index contributed by atoms with van der Waals surface area (Å²) in [5.74, 6) is 0. The molecule has 0 radical (unpaired) electrons. The summed E-state index contributed by atoms with van der Waals surface area (Å²) in [5, 5.41) is 3.29. The zero-order valence-electron chi connectivity index (χ0n) is 11.9. The van der Waals surface area contributed by atoms with Gasteiger partial charge in [-0.3, -0.25) is 0 Å². The van der Waals surface area contributed by atoms with E-state index in [1.165, 1.54) is 11.8 Å². The molecule has 3 nitrogen and oxygen atoms in total. The average Bonchev–Trinajstić information content (AvgIpc) is 2.38. The number of aryl methyl sites for hydroxylation is 1.